The lowest BCUT2D eigenvalue weighted by molar-refractivity contribution is 0.0450. The van der Waals surface area contributed by atoms with E-state index in [0.29, 0.717) is 0 Å². The van der Waals surface area contributed by atoms with Crippen LogP contribution in [0.25, 0.3) is 0 Å². The second kappa shape index (κ2) is 69.7. The number of rotatable bonds is 8. The average Bonchev–Trinajstić information content (AvgIpc) is 2.66. The lowest BCUT2D eigenvalue weighted by atomic mass is 10.6. The van der Waals surface area contributed by atoms with Gasteiger partial charge in [-0.05, 0) is 0 Å². The molecule has 0 aromatic heterocycles. The van der Waals surface area contributed by atoms with E-state index in [4.69, 9.17) is 66.8 Å². The number of hydrogen-bond donors (Lipinski definition) is 12. The van der Waals surface area contributed by atoms with Gasteiger partial charge in [-0.1, -0.05) is 29.7 Å². The SMILES string of the molecule is C.C.C.C.S.S.S.S.[2H][13C@@H](O)[C@@H](O)CO.[2H][13C@@H](O)[C@H](O)CO.[2H][13C@H](O)[C@@H](O)CO.[2H][13C@H](O)[C@H](O)CO. The van der Waals surface area contributed by atoms with Crippen LogP contribution in [0.4, 0.5) is 0 Å². The predicted octanol–water partition coefficient (Wildman–Crippen LogP) is -3.68. The fourth-order valence-electron chi connectivity index (χ4n) is 0.189. The van der Waals surface area contributed by atoms with E-state index in [1.165, 1.54) is 0 Å². The van der Waals surface area contributed by atoms with Crippen molar-refractivity contribution in [2.75, 3.05) is 52.8 Å². The van der Waals surface area contributed by atoms with Crippen LogP contribution in [0.5, 0.6) is 0 Å². The van der Waals surface area contributed by atoms with E-state index in [1.54, 1.807) is 0 Å². The molecule has 0 amide bonds. The molecule has 0 bridgehead atoms. The Morgan fingerprint density at radius 3 is 0.469 bits per heavy atom. The average molecular weight is 577 g/mol. The van der Waals surface area contributed by atoms with Crippen molar-refractivity contribution in [2.45, 2.75) is 54.1 Å². The molecule has 8 atom stereocenters. The molecule has 0 aliphatic heterocycles. The minimum Gasteiger partial charge on any atom is -0.394 e. The van der Waals surface area contributed by atoms with Gasteiger partial charge >= 0.3 is 0 Å². The second-order valence-electron chi connectivity index (χ2n) is 3.60. The van der Waals surface area contributed by atoms with Gasteiger partial charge in [0, 0.05) is 0 Å². The first-order valence-electron chi connectivity index (χ1n) is 8.61. The Hall–Kier alpha value is 0.920. The highest BCUT2D eigenvalue weighted by molar-refractivity contribution is 7.59. The van der Waals surface area contributed by atoms with E-state index in [1.807, 2.05) is 0 Å². The molecule has 0 saturated carbocycles. The lowest BCUT2D eigenvalue weighted by Gasteiger charge is -1.96. The molecule has 0 radical (unpaired) electrons. The van der Waals surface area contributed by atoms with Crippen LogP contribution in [0.2, 0.25) is 0 Å². The van der Waals surface area contributed by atoms with Gasteiger partial charge in [0.05, 0.1) is 58.2 Å². The topological polar surface area (TPSA) is 243 Å². The zero-order chi connectivity index (χ0) is 23.4. The monoisotopic (exact) mass is 576 g/mol. The Kier molecular flexibility index (Phi) is 118. The fourth-order valence-corrected chi connectivity index (χ4v) is 0.189. The maximum absolute atomic E-state index is 8.25. The molecule has 0 rings (SSSR count). The molecule has 0 aromatic carbocycles. The third kappa shape index (κ3) is 96.7. The Morgan fingerprint density at radius 1 is 0.375 bits per heavy atom. The van der Waals surface area contributed by atoms with Gasteiger partial charge in [0.15, 0.2) is 0 Å². The van der Waals surface area contributed by atoms with Crippen LogP contribution in [0.3, 0.4) is 0 Å². The summed E-state index contributed by atoms with van der Waals surface area (Å²) in [4.78, 5) is 0. The second-order valence-corrected chi connectivity index (χ2v) is 3.60. The molecule has 216 valence electrons. The molecule has 0 fully saturated rings. The Bertz CT molecular complexity index is 268. The highest BCUT2D eigenvalue weighted by atomic mass is 32.1. The first-order valence-corrected chi connectivity index (χ1v) is 6.30. The lowest BCUT2D eigenvalue weighted by Crippen LogP contribution is -2.15. The Balaban J connectivity index is -0.0000000199. The third-order valence-electron chi connectivity index (χ3n) is 1.44. The normalized spacial score (nSPS) is 16.6. The summed E-state index contributed by atoms with van der Waals surface area (Å²) >= 11 is 0. The summed E-state index contributed by atoms with van der Waals surface area (Å²) in [5, 5.41) is 97.2. The summed E-state index contributed by atoms with van der Waals surface area (Å²) < 4.78 is 25.3. The molecule has 12 N–H and O–H groups in total. The van der Waals surface area contributed by atoms with Gasteiger partial charge in [-0.2, -0.15) is 54.0 Å². The summed E-state index contributed by atoms with van der Waals surface area (Å²) in [5.41, 5.74) is 0. The standard InChI is InChI=1S/4C3H8O3.4CH4.4H2S/c4*4-1-3(6)2-5;;;;;;;;/h4*3-6H,1-2H2;4*1H4;4*1H2/i4*1+1D;;;;;;;;/t2*1-,3+;2*1-,3-;;;;;;;;/m1010......../s1. The molecule has 0 unspecified atom stereocenters. The molecular weight excluding hydrogens is 516 g/mol. The van der Waals surface area contributed by atoms with Crippen molar-refractivity contribution in [3.63, 3.8) is 0 Å². The summed E-state index contributed by atoms with van der Waals surface area (Å²) in [5.74, 6) is 0. The van der Waals surface area contributed by atoms with Crippen molar-refractivity contribution in [1.82, 2.24) is 0 Å². The molecule has 0 heterocycles. The highest BCUT2D eigenvalue weighted by Crippen LogP contribution is 1.73. The van der Waals surface area contributed by atoms with Crippen molar-refractivity contribution in [2.24, 2.45) is 0 Å². The third-order valence-corrected chi connectivity index (χ3v) is 1.44. The molecule has 0 aliphatic rings. The minimum absolute atomic E-state index is 0. The molecule has 0 aromatic rings. The van der Waals surface area contributed by atoms with Gasteiger partial charge in [0.1, 0.15) is 24.4 Å². The van der Waals surface area contributed by atoms with Crippen LogP contribution in [0.15, 0.2) is 0 Å². The zero-order valence-corrected chi connectivity index (χ0v) is 18.8. The maximum Gasteiger partial charge on any atom is 0.100 e. The molecular formula is C16H56O12S4. The van der Waals surface area contributed by atoms with Gasteiger partial charge in [-0.25, -0.2) is 0 Å². The van der Waals surface area contributed by atoms with Gasteiger partial charge < -0.3 is 61.3 Å². The Labute approximate surface area is 227 Å². The van der Waals surface area contributed by atoms with Crippen molar-refractivity contribution < 1.29 is 66.8 Å². The van der Waals surface area contributed by atoms with E-state index < -0.39 is 77.2 Å². The summed E-state index contributed by atoms with van der Waals surface area (Å²) in [6, 6.07) is 0. The Morgan fingerprint density at radius 2 is 0.469 bits per heavy atom. The number of aliphatic hydroxyl groups is 12. The summed E-state index contributed by atoms with van der Waals surface area (Å²) in [6.45, 7) is -8.57. The maximum atomic E-state index is 8.25. The molecule has 0 spiro atoms. The van der Waals surface area contributed by atoms with Gasteiger partial charge in [-0.3, -0.25) is 0 Å². The summed E-state index contributed by atoms with van der Waals surface area (Å²) in [6.07, 6.45) is -5.28. The summed E-state index contributed by atoms with van der Waals surface area (Å²) in [7, 11) is 0. The number of hydrogen-bond acceptors (Lipinski definition) is 12. The molecule has 12 nitrogen and oxygen atoms in total. The van der Waals surface area contributed by atoms with Crippen LogP contribution in [-0.4, -0.2) is 138 Å². The predicted molar refractivity (Wildman–Crippen MR) is 149 cm³/mol. The van der Waals surface area contributed by atoms with Crippen LogP contribution in [0.1, 0.15) is 35.2 Å². The highest BCUT2D eigenvalue weighted by Gasteiger charge is 1.95. The van der Waals surface area contributed by atoms with Crippen LogP contribution < -0.4 is 0 Å². The van der Waals surface area contributed by atoms with E-state index >= 15 is 0 Å². The molecule has 0 saturated heterocycles. The molecule has 0 aliphatic carbocycles. The smallest absolute Gasteiger partial charge is 0.100 e. The van der Waals surface area contributed by atoms with Crippen molar-refractivity contribution >= 4 is 54.0 Å². The van der Waals surface area contributed by atoms with E-state index in [2.05, 4.69) is 0 Å². The van der Waals surface area contributed by atoms with Crippen molar-refractivity contribution in [3.05, 3.63) is 0 Å². The molecule has 16 heteroatoms. The van der Waals surface area contributed by atoms with Gasteiger partial charge in [0.2, 0.25) is 0 Å². The van der Waals surface area contributed by atoms with E-state index in [0.717, 1.165) is 0 Å². The van der Waals surface area contributed by atoms with Crippen molar-refractivity contribution in [3.8, 4) is 0 Å². The van der Waals surface area contributed by atoms with E-state index in [9.17, 15) is 0 Å². The van der Waals surface area contributed by atoms with Crippen molar-refractivity contribution in [1.29, 1.82) is 0 Å². The van der Waals surface area contributed by atoms with Gasteiger partial charge in [0.25, 0.3) is 0 Å². The van der Waals surface area contributed by atoms with Crippen LogP contribution in [0, 0.1) is 0 Å². The van der Waals surface area contributed by atoms with Crippen LogP contribution in [-0.2, 0) is 0 Å². The van der Waals surface area contributed by atoms with E-state index in [-0.39, 0.29) is 83.7 Å². The first kappa shape index (κ1) is 54.0. The zero-order valence-electron chi connectivity index (χ0n) is 18.8. The number of aliphatic hydroxyl groups excluding tert-OH is 12. The van der Waals surface area contributed by atoms with Crippen LogP contribution >= 0.6 is 54.0 Å². The fraction of sp³-hybridized carbons (Fsp3) is 1.00. The van der Waals surface area contributed by atoms with Gasteiger partial charge in [-0.15, -0.1) is 0 Å². The largest absolute Gasteiger partial charge is 0.394 e. The minimum atomic E-state index is -1.58. The quantitative estimate of drug-likeness (QED) is 0.125. The molecule has 32 heavy (non-hydrogen) atoms. The first-order chi connectivity index (χ1) is 12.7.